The Morgan fingerprint density at radius 3 is 2.69 bits per heavy atom. The number of likely N-dealkylation sites (tertiary alicyclic amines) is 1. The van der Waals surface area contributed by atoms with E-state index in [1.807, 2.05) is 6.20 Å². The van der Waals surface area contributed by atoms with Gasteiger partial charge >= 0.3 is 0 Å². The Morgan fingerprint density at radius 2 is 2.00 bits per heavy atom. The van der Waals surface area contributed by atoms with Crippen molar-refractivity contribution in [2.45, 2.75) is 25.7 Å². The highest BCUT2D eigenvalue weighted by atomic mass is 15.2. The molecule has 1 saturated carbocycles. The molecule has 1 aromatic rings. The zero-order valence-electron chi connectivity index (χ0n) is 9.68. The van der Waals surface area contributed by atoms with Gasteiger partial charge in [-0.3, -0.25) is 9.97 Å². The summed E-state index contributed by atoms with van der Waals surface area (Å²) >= 11 is 0. The normalized spacial score (nSPS) is 29.5. The van der Waals surface area contributed by atoms with Crippen LogP contribution in [0.25, 0.3) is 0 Å². The monoisotopic (exact) mass is 217 g/mol. The molecule has 2 aliphatic rings. The summed E-state index contributed by atoms with van der Waals surface area (Å²) in [6.07, 6.45) is 10.9. The highest BCUT2D eigenvalue weighted by Crippen LogP contribution is 2.37. The van der Waals surface area contributed by atoms with Crippen LogP contribution in [-0.2, 0) is 6.42 Å². The molecular weight excluding hydrogens is 198 g/mol. The highest BCUT2D eigenvalue weighted by Gasteiger charge is 2.35. The van der Waals surface area contributed by atoms with E-state index in [-0.39, 0.29) is 0 Å². The van der Waals surface area contributed by atoms with Gasteiger partial charge in [0, 0.05) is 44.6 Å². The maximum absolute atomic E-state index is 4.32. The van der Waals surface area contributed by atoms with E-state index in [1.54, 1.807) is 12.4 Å². The van der Waals surface area contributed by atoms with Gasteiger partial charge in [0.1, 0.15) is 0 Å². The molecule has 86 valence electrons. The van der Waals surface area contributed by atoms with Gasteiger partial charge < -0.3 is 4.90 Å². The standard InChI is InChI=1S/C13H19N3/c1-2-11-9-16(10-12(11)3-1)7-4-13-8-14-5-6-15-13/h5-6,8,11-12H,1-4,7,9-10H2. The van der Waals surface area contributed by atoms with Crippen molar-refractivity contribution in [3.63, 3.8) is 0 Å². The van der Waals surface area contributed by atoms with E-state index in [2.05, 4.69) is 14.9 Å². The first kappa shape index (κ1) is 10.2. The van der Waals surface area contributed by atoms with Gasteiger partial charge in [0.05, 0.1) is 5.69 Å². The maximum atomic E-state index is 4.32. The van der Waals surface area contributed by atoms with E-state index in [0.717, 1.165) is 30.5 Å². The van der Waals surface area contributed by atoms with Crippen LogP contribution in [0, 0.1) is 11.8 Å². The molecule has 3 heteroatoms. The van der Waals surface area contributed by atoms with E-state index in [4.69, 9.17) is 0 Å². The third-order valence-corrected chi connectivity index (χ3v) is 4.10. The molecule has 0 spiro atoms. The molecule has 3 rings (SSSR count). The first-order chi connectivity index (χ1) is 7.92. The lowest BCUT2D eigenvalue weighted by atomic mass is 10.0. The van der Waals surface area contributed by atoms with Crippen molar-refractivity contribution in [2.75, 3.05) is 19.6 Å². The molecule has 0 radical (unpaired) electrons. The summed E-state index contributed by atoms with van der Waals surface area (Å²) in [6, 6.07) is 0. The largest absolute Gasteiger partial charge is 0.302 e. The van der Waals surface area contributed by atoms with Gasteiger partial charge in [0.2, 0.25) is 0 Å². The lowest BCUT2D eigenvalue weighted by Crippen LogP contribution is -2.24. The predicted octanol–water partition coefficient (Wildman–Crippen LogP) is 1.75. The molecule has 1 aliphatic heterocycles. The summed E-state index contributed by atoms with van der Waals surface area (Å²) < 4.78 is 0. The second kappa shape index (κ2) is 4.50. The molecule has 0 amide bonds. The minimum atomic E-state index is 1.00. The van der Waals surface area contributed by atoms with E-state index in [9.17, 15) is 0 Å². The molecule has 16 heavy (non-hydrogen) atoms. The van der Waals surface area contributed by atoms with Crippen LogP contribution in [0.15, 0.2) is 18.6 Å². The fourth-order valence-electron chi connectivity index (χ4n) is 3.25. The van der Waals surface area contributed by atoms with Crippen LogP contribution in [0.4, 0.5) is 0 Å². The Hall–Kier alpha value is -0.960. The smallest absolute Gasteiger partial charge is 0.0599 e. The molecule has 2 unspecified atom stereocenters. The zero-order chi connectivity index (χ0) is 10.8. The van der Waals surface area contributed by atoms with Gasteiger partial charge in [-0.2, -0.15) is 0 Å². The van der Waals surface area contributed by atoms with E-state index < -0.39 is 0 Å². The summed E-state index contributed by atoms with van der Waals surface area (Å²) in [5.41, 5.74) is 1.12. The summed E-state index contributed by atoms with van der Waals surface area (Å²) in [5, 5.41) is 0. The van der Waals surface area contributed by atoms with Gasteiger partial charge in [-0.25, -0.2) is 0 Å². The lowest BCUT2D eigenvalue weighted by Gasteiger charge is -2.15. The van der Waals surface area contributed by atoms with Crippen LogP contribution in [0.5, 0.6) is 0 Å². The van der Waals surface area contributed by atoms with Crippen molar-refractivity contribution in [1.29, 1.82) is 0 Å². The van der Waals surface area contributed by atoms with E-state index in [0.29, 0.717) is 0 Å². The van der Waals surface area contributed by atoms with Gasteiger partial charge in [-0.1, -0.05) is 6.42 Å². The second-order valence-corrected chi connectivity index (χ2v) is 5.16. The minimum absolute atomic E-state index is 1.00. The number of rotatable bonds is 3. The Morgan fingerprint density at radius 1 is 1.19 bits per heavy atom. The van der Waals surface area contributed by atoms with Crippen molar-refractivity contribution in [2.24, 2.45) is 11.8 Å². The molecule has 2 atom stereocenters. The third-order valence-electron chi connectivity index (χ3n) is 4.10. The highest BCUT2D eigenvalue weighted by molar-refractivity contribution is 4.96. The Kier molecular flexibility index (Phi) is 2.87. The predicted molar refractivity (Wildman–Crippen MR) is 63.0 cm³/mol. The summed E-state index contributed by atoms with van der Waals surface area (Å²) in [7, 11) is 0. The summed E-state index contributed by atoms with van der Waals surface area (Å²) in [5.74, 6) is 2.00. The average molecular weight is 217 g/mol. The number of fused-ring (bicyclic) bond motifs is 1. The quantitative estimate of drug-likeness (QED) is 0.772. The lowest BCUT2D eigenvalue weighted by molar-refractivity contribution is 0.314. The molecule has 2 fully saturated rings. The van der Waals surface area contributed by atoms with E-state index >= 15 is 0 Å². The Labute approximate surface area is 96.9 Å². The number of hydrogen-bond acceptors (Lipinski definition) is 3. The number of hydrogen-bond donors (Lipinski definition) is 0. The van der Waals surface area contributed by atoms with Crippen molar-refractivity contribution in [3.8, 4) is 0 Å². The van der Waals surface area contributed by atoms with Gasteiger partial charge in [0.25, 0.3) is 0 Å². The fraction of sp³-hybridized carbons (Fsp3) is 0.692. The van der Waals surface area contributed by atoms with Crippen LogP contribution >= 0.6 is 0 Å². The first-order valence-electron chi connectivity index (χ1n) is 6.39. The van der Waals surface area contributed by atoms with Crippen molar-refractivity contribution >= 4 is 0 Å². The van der Waals surface area contributed by atoms with Crippen LogP contribution in [0.1, 0.15) is 25.0 Å². The minimum Gasteiger partial charge on any atom is -0.302 e. The van der Waals surface area contributed by atoms with Crippen LogP contribution in [0.3, 0.4) is 0 Å². The SMILES string of the molecule is c1cnc(CCN2CC3CCCC3C2)cn1. The molecule has 0 bridgehead atoms. The molecule has 0 aromatic carbocycles. The first-order valence-corrected chi connectivity index (χ1v) is 6.39. The summed E-state index contributed by atoms with van der Waals surface area (Å²) in [6.45, 7) is 3.81. The number of nitrogens with zero attached hydrogens (tertiary/aromatic N) is 3. The van der Waals surface area contributed by atoms with Gasteiger partial charge in [-0.15, -0.1) is 0 Å². The average Bonchev–Trinajstić information content (AvgIpc) is 2.88. The van der Waals surface area contributed by atoms with Crippen LogP contribution < -0.4 is 0 Å². The molecule has 1 aromatic heterocycles. The fourth-order valence-corrected chi connectivity index (χ4v) is 3.25. The maximum Gasteiger partial charge on any atom is 0.0599 e. The zero-order valence-corrected chi connectivity index (χ0v) is 9.68. The molecule has 3 nitrogen and oxygen atoms in total. The molecule has 2 heterocycles. The van der Waals surface area contributed by atoms with Crippen molar-refractivity contribution in [3.05, 3.63) is 24.3 Å². The van der Waals surface area contributed by atoms with Crippen LogP contribution in [0.2, 0.25) is 0 Å². The van der Waals surface area contributed by atoms with Crippen molar-refractivity contribution < 1.29 is 0 Å². The molecular formula is C13H19N3. The Balaban J connectivity index is 1.50. The summed E-state index contributed by atoms with van der Waals surface area (Å²) in [4.78, 5) is 11.0. The van der Waals surface area contributed by atoms with Crippen LogP contribution in [-0.4, -0.2) is 34.5 Å². The third kappa shape index (κ3) is 2.09. The van der Waals surface area contributed by atoms with Gasteiger partial charge in [0.15, 0.2) is 0 Å². The van der Waals surface area contributed by atoms with Crippen molar-refractivity contribution in [1.82, 2.24) is 14.9 Å². The van der Waals surface area contributed by atoms with Gasteiger partial charge in [-0.05, 0) is 24.7 Å². The molecule has 0 N–H and O–H groups in total. The Bertz CT molecular complexity index is 326. The molecule has 1 saturated heterocycles. The second-order valence-electron chi connectivity index (χ2n) is 5.16. The number of aromatic nitrogens is 2. The molecule has 1 aliphatic carbocycles. The van der Waals surface area contributed by atoms with E-state index in [1.165, 1.54) is 32.4 Å². The topological polar surface area (TPSA) is 29.0 Å².